The van der Waals surface area contributed by atoms with E-state index < -0.39 is 47.3 Å². The van der Waals surface area contributed by atoms with Crippen molar-refractivity contribution in [3.8, 4) is 12.3 Å². The van der Waals surface area contributed by atoms with Gasteiger partial charge in [-0.3, -0.25) is 14.2 Å². The van der Waals surface area contributed by atoms with E-state index in [1.165, 1.54) is 24.3 Å². The van der Waals surface area contributed by atoms with Crippen molar-refractivity contribution in [3.63, 3.8) is 0 Å². The molecule has 3 atom stereocenters. The lowest BCUT2D eigenvalue weighted by Crippen LogP contribution is -2.47. The predicted octanol–water partition coefficient (Wildman–Crippen LogP) is 2.05. The molecular formula is C25H27F3N2O8. The van der Waals surface area contributed by atoms with Crippen LogP contribution >= 0.6 is 0 Å². The summed E-state index contributed by atoms with van der Waals surface area (Å²) in [6.45, 7) is 2.70. The number of carbonyl (C=O) groups excluding carboxylic acids is 1. The van der Waals surface area contributed by atoms with Gasteiger partial charge in [0.25, 0.3) is 11.5 Å². The second kappa shape index (κ2) is 13.5. The van der Waals surface area contributed by atoms with E-state index in [4.69, 9.17) is 30.1 Å². The Morgan fingerprint density at radius 1 is 1.16 bits per heavy atom. The van der Waals surface area contributed by atoms with Gasteiger partial charge in [-0.05, 0) is 19.1 Å². The lowest BCUT2D eigenvalue weighted by molar-refractivity contribution is -0.140. The van der Waals surface area contributed by atoms with Crippen molar-refractivity contribution < 1.29 is 41.7 Å². The van der Waals surface area contributed by atoms with Crippen LogP contribution in [0.15, 0.2) is 46.1 Å². The summed E-state index contributed by atoms with van der Waals surface area (Å²) in [5.41, 5.74) is -4.92. The van der Waals surface area contributed by atoms with Crippen molar-refractivity contribution in [1.29, 1.82) is 0 Å². The van der Waals surface area contributed by atoms with Gasteiger partial charge in [0.1, 0.15) is 31.3 Å². The zero-order valence-corrected chi connectivity index (χ0v) is 20.5. The van der Waals surface area contributed by atoms with E-state index >= 15 is 0 Å². The summed E-state index contributed by atoms with van der Waals surface area (Å²) < 4.78 is 69.0. The van der Waals surface area contributed by atoms with Gasteiger partial charge in [0.05, 0.1) is 25.9 Å². The number of terminal acetylenes is 1. The smallest absolute Gasteiger partial charge is 0.379 e. The Morgan fingerprint density at radius 2 is 1.87 bits per heavy atom. The molecule has 10 nitrogen and oxygen atoms in total. The highest BCUT2D eigenvalue weighted by Crippen LogP contribution is 2.32. The molecule has 1 aliphatic rings. The van der Waals surface area contributed by atoms with Gasteiger partial charge < -0.3 is 23.7 Å². The van der Waals surface area contributed by atoms with E-state index in [1.807, 2.05) is 6.92 Å². The number of rotatable bonds is 12. The topological polar surface area (TPSA) is 107 Å². The highest BCUT2D eigenvalue weighted by atomic mass is 19.4. The van der Waals surface area contributed by atoms with Crippen LogP contribution in [0.3, 0.4) is 0 Å². The summed E-state index contributed by atoms with van der Waals surface area (Å²) in [6, 6.07) is 7.02. The van der Waals surface area contributed by atoms with Gasteiger partial charge in [0, 0.05) is 24.8 Å². The fourth-order valence-electron chi connectivity index (χ4n) is 3.76. The molecule has 0 aliphatic carbocycles. The summed E-state index contributed by atoms with van der Waals surface area (Å²) in [5.74, 6) is 1.09. The number of aromatic nitrogens is 2. The first kappa shape index (κ1) is 29.3. The number of carbonyl (C=O) groups is 1. The van der Waals surface area contributed by atoms with Crippen LogP contribution in [0.2, 0.25) is 0 Å². The Labute approximate surface area is 215 Å². The lowest BCUT2D eigenvalue weighted by Gasteiger charge is -2.19. The number of hydrogen-bond donors (Lipinski definition) is 0. The average Bonchev–Trinajstić information content (AvgIpc) is 3.29. The lowest BCUT2D eigenvalue weighted by atomic mass is 10.2. The van der Waals surface area contributed by atoms with Crippen LogP contribution in [0.25, 0.3) is 0 Å². The van der Waals surface area contributed by atoms with Crippen molar-refractivity contribution in [3.05, 3.63) is 68.5 Å². The summed E-state index contributed by atoms with van der Waals surface area (Å²) in [6.07, 6.45) is -2.55. The molecule has 2 aromatic rings. The highest BCUT2D eigenvalue weighted by Gasteiger charge is 2.41. The Kier molecular flexibility index (Phi) is 10.4. The Balaban J connectivity index is 1.90. The first-order chi connectivity index (χ1) is 18.2. The number of halogens is 3. The van der Waals surface area contributed by atoms with Crippen LogP contribution in [0.1, 0.15) is 35.5 Å². The zero-order chi connectivity index (χ0) is 27.7. The molecular weight excluding hydrogens is 513 g/mol. The predicted molar refractivity (Wildman–Crippen MR) is 126 cm³/mol. The molecule has 0 saturated carbocycles. The van der Waals surface area contributed by atoms with Crippen molar-refractivity contribution in [2.75, 3.05) is 39.8 Å². The van der Waals surface area contributed by atoms with Gasteiger partial charge in [0.15, 0.2) is 0 Å². The van der Waals surface area contributed by atoms with E-state index in [0.29, 0.717) is 24.0 Å². The average molecular weight is 540 g/mol. The maximum absolute atomic E-state index is 13.8. The zero-order valence-electron chi connectivity index (χ0n) is 20.5. The minimum absolute atomic E-state index is 0.0468. The molecule has 0 N–H and O–H groups in total. The van der Waals surface area contributed by atoms with Gasteiger partial charge in [-0.15, -0.1) is 6.42 Å². The maximum Gasteiger partial charge on any atom is 0.423 e. The van der Waals surface area contributed by atoms with Crippen LogP contribution in [-0.4, -0.2) is 67.1 Å². The van der Waals surface area contributed by atoms with E-state index in [2.05, 4.69) is 5.92 Å². The largest absolute Gasteiger partial charge is 0.423 e. The molecule has 1 aromatic heterocycles. The monoisotopic (exact) mass is 540 g/mol. The van der Waals surface area contributed by atoms with E-state index in [0.717, 1.165) is 0 Å². The third-order valence-electron chi connectivity index (χ3n) is 5.54. The molecule has 0 radical (unpaired) electrons. The third-order valence-corrected chi connectivity index (χ3v) is 5.54. The number of benzene rings is 1. The summed E-state index contributed by atoms with van der Waals surface area (Å²) >= 11 is 0. The number of nitrogens with zero attached hydrogens (tertiary/aromatic N) is 2. The van der Waals surface area contributed by atoms with E-state index in [9.17, 15) is 27.6 Å². The molecule has 38 heavy (non-hydrogen) atoms. The van der Waals surface area contributed by atoms with Crippen LogP contribution < -0.4 is 11.2 Å². The maximum atomic E-state index is 13.8. The molecule has 1 aliphatic heterocycles. The Bertz CT molecular complexity index is 1240. The first-order valence-electron chi connectivity index (χ1n) is 11.7. The molecule has 1 fully saturated rings. The fraction of sp³-hybridized carbons (Fsp3) is 0.480. The Hall–Kier alpha value is -3.28. The second-order valence-corrected chi connectivity index (χ2v) is 8.05. The molecule has 1 saturated heterocycles. The molecule has 2 heterocycles. The van der Waals surface area contributed by atoms with Gasteiger partial charge in [0.2, 0.25) is 0 Å². The third kappa shape index (κ3) is 7.18. The minimum Gasteiger partial charge on any atom is -0.379 e. The highest BCUT2D eigenvalue weighted by molar-refractivity contribution is 5.95. The first-order valence-corrected chi connectivity index (χ1v) is 11.7. The Morgan fingerprint density at radius 3 is 2.53 bits per heavy atom. The number of hydrogen-bond acceptors (Lipinski definition) is 8. The summed E-state index contributed by atoms with van der Waals surface area (Å²) in [4.78, 5) is 38.8. The van der Waals surface area contributed by atoms with Crippen molar-refractivity contribution in [2.24, 2.45) is 0 Å². The SMILES string of the molecule is C#CCO[C@H]1C[C@H](n2cc(C(F)(F)F)c(=O)n(C(=O)c3ccccc3)c2=O)O[C@@H]1COCOCCOCC. The molecule has 0 bridgehead atoms. The molecule has 13 heteroatoms. The van der Waals surface area contributed by atoms with Gasteiger partial charge in [-0.2, -0.15) is 17.7 Å². The van der Waals surface area contributed by atoms with Gasteiger partial charge >= 0.3 is 11.9 Å². The second-order valence-electron chi connectivity index (χ2n) is 8.05. The molecule has 0 unspecified atom stereocenters. The number of alkyl halides is 3. The van der Waals surface area contributed by atoms with E-state index in [-0.39, 0.29) is 43.2 Å². The molecule has 1 aromatic carbocycles. The molecule has 0 spiro atoms. The van der Waals surface area contributed by atoms with Crippen molar-refractivity contribution in [1.82, 2.24) is 9.13 Å². The van der Waals surface area contributed by atoms with Crippen molar-refractivity contribution in [2.45, 2.75) is 38.0 Å². The number of ether oxygens (including phenoxy) is 5. The van der Waals surface area contributed by atoms with Crippen LogP contribution in [-0.2, 0) is 29.9 Å². The molecule has 0 amide bonds. The quantitative estimate of drug-likeness (QED) is 0.229. The standard InChI is InChI=1S/C25H27F3N2O8/c1-3-10-37-19-13-21(38-20(19)15-36-16-35-12-11-34-4-2)29-14-18(25(26,27)28)23(32)30(24(29)33)22(31)17-8-6-5-7-9-17/h1,5-9,14,19-21H,4,10-13,15-16H2,2H3/t19-,20+,21+/m0/s1. The van der Waals surface area contributed by atoms with Crippen LogP contribution in [0, 0.1) is 12.3 Å². The molecule has 206 valence electrons. The van der Waals surface area contributed by atoms with Crippen LogP contribution in [0.5, 0.6) is 0 Å². The minimum atomic E-state index is -5.15. The van der Waals surface area contributed by atoms with Gasteiger partial charge in [-0.1, -0.05) is 24.1 Å². The molecule has 3 rings (SSSR count). The van der Waals surface area contributed by atoms with Gasteiger partial charge in [-0.25, -0.2) is 4.79 Å². The van der Waals surface area contributed by atoms with E-state index in [1.54, 1.807) is 6.07 Å². The summed E-state index contributed by atoms with van der Waals surface area (Å²) in [5, 5.41) is 0. The summed E-state index contributed by atoms with van der Waals surface area (Å²) in [7, 11) is 0. The van der Waals surface area contributed by atoms with Crippen LogP contribution in [0.4, 0.5) is 13.2 Å². The normalized spacial score (nSPS) is 19.4. The fourth-order valence-corrected chi connectivity index (χ4v) is 3.76. The van der Waals surface area contributed by atoms with Crippen molar-refractivity contribution >= 4 is 5.91 Å².